The highest BCUT2D eigenvalue weighted by atomic mass is 16.5. The normalized spacial score (nSPS) is 11.2. The second-order valence-corrected chi connectivity index (χ2v) is 4.13. The lowest BCUT2D eigenvalue weighted by molar-refractivity contribution is -0.144. The van der Waals surface area contributed by atoms with Gasteiger partial charge in [0.2, 0.25) is 0 Å². The van der Waals surface area contributed by atoms with Gasteiger partial charge in [0.15, 0.2) is 0 Å². The molecule has 0 radical (unpaired) electrons. The van der Waals surface area contributed by atoms with Crippen molar-refractivity contribution in [3.8, 4) is 0 Å². The molecule has 100 valence electrons. The van der Waals surface area contributed by atoms with Crippen LogP contribution >= 0.6 is 0 Å². The van der Waals surface area contributed by atoms with Gasteiger partial charge in [-0.1, -0.05) is 34.6 Å². The van der Waals surface area contributed by atoms with Crippen molar-refractivity contribution in [2.45, 2.75) is 40.7 Å². The van der Waals surface area contributed by atoms with Crippen LogP contribution in [0.3, 0.4) is 0 Å². The fourth-order valence-electron chi connectivity index (χ4n) is 0.696. The second-order valence-electron chi connectivity index (χ2n) is 4.13. The molecule has 0 fully saturated rings. The molecule has 1 heterocycles. The Bertz CT molecular complexity index is 249. The molecule has 0 aliphatic carbocycles. The molecule has 1 atom stereocenters. The van der Waals surface area contributed by atoms with Crippen molar-refractivity contribution < 1.29 is 9.53 Å². The summed E-state index contributed by atoms with van der Waals surface area (Å²) in [6.07, 6.45) is 5.08. The molecule has 0 bridgehead atoms. The van der Waals surface area contributed by atoms with E-state index in [1.54, 1.807) is 18.7 Å². The van der Waals surface area contributed by atoms with Crippen LogP contribution in [0.1, 0.15) is 34.6 Å². The number of imidazole rings is 1. The number of esters is 1. The van der Waals surface area contributed by atoms with Gasteiger partial charge in [0.1, 0.15) is 6.04 Å². The van der Waals surface area contributed by atoms with Gasteiger partial charge in [-0.25, -0.2) is 4.98 Å². The molecule has 0 aliphatic heterocycles. The number of rotatable bonds is 1. The van der Waals surface area contributed by atoms with Crippen molar-refractivity contribution in [3.05, 3.63) is 18.7 Å². The van der Waals surface area contributed by atoms with Gasteiger partial charge in [0.25, 0.3) is 0 Å². The number of nitrogens with zero attached hydrogens (tertiary/aromatic N) is 1. The number of carbonyl (C=O) groups excluding carboxylic acids is 1. The lowest BCUT2D eigenvalue weighted by Gasteiger charge is -2.23. The van der Waals surface area contributed by atoms with Gasteiger partial charge in [-0.05, 0) is 5.41 Å². The van der Waals surface area contributed by atoms with Crippen molar-refractivity contribution in [2.75, 3.05) is 7.11 Å². The minimum atomic E-state index is -0.530. The fourth-order valence-corrected chi connectivity index (χ4v) is 0.696. The quantitative estimate of drug-likeness (QED) is 0.739. The van der Waals surface area contributed by atoms with Crippen LogP contribution in [0, 0.1) is 5.41 Å². The number of hydrogen-bond donors (Lipinski definition) is 2. The molecule has 3 N–H and O–H groups in total. The summed E-state index contributed by atoms with van der Waals surface area (Å²) in [5.74, 6) is -0.354. The van der Waals surface area contributed by atoms with Crippen LogP contribution in [0.15, 0.2) is 18.7 Å². The number of methoxy groups -OCH3 is 1. The van der Waals surface area contributed by atoms with Crippen LogP contribution in [0.4, 0.5) is 0 Å². The van der Waals surface area contributed by atoms with Crippen LogP contribution in [-0.2, 0) is 9.53 Å². The molecular weight excluding hydrogens is 218 g/mol. The van der Waals surface area contributed by atoms with Crippen LogP contribution in [0.25, 0.3) is 0 Å². The lowest BCUT2D eigenvalue weighted by atomic mass is 9.88. The van der Waals surface area contributed by atoms with E-state index in [1.165, 1.54) is 7.11 Å². The highest BCUT2D eigenvalue weighted by Gasteiger charge is 2.27. The van der Waals surface area contributed by atoms with E-state index in [-0.39, 0.29) is 11.4 Å². The van der Waals surface area contributed by atoms with Crippen molar-refractivity contribution in [3.63, 3.8) is 0 Å². The zero-order valence-corrected chi connectivity index (χ0v) is 11.7. The zero-order chi connectivity index (χ0) is 13.9. The summed E-state index contributed by atoms with van der Waals surface area (Å²) >= 11 is 0. The molecule has 5 heteroatoms. The largest absolute Gasteiger partial charge is 0.468 e. The predicted molar refractivity (Wildman–Crippen MR) is 69.4 cm³/mol. The number of nitrogens with two attached hydrogens (primary N) is 1. The first-order valence-corrected chi connectivity index (χ1v) is 5.65. The minimum absolute atomic E-state index is 0.215. The first-order chi connectivity index (χ1) is 7.89. The molecule has 1 rings (SSSR count). The van der Waals surface area contributed by atoms with Gasteiger partial charge in [-0.15, -0.1) is 0 Å². The molecule has 5 nitrogen and oxygen atoms in total. The summed E-state index contributed by atoms with van der Waals surface area (Å²) in [6, 6.07) is -0.530. The average Bonchev–Trinajstić information content (AvgIpc) is 2.87. The number of H-pyrrole nitrogens is 1. The number of aromatic nitrogens is 2. The Morgan fingerprint density at radius 2 is 1.94 bits per heavy atom. The van der Waals surface area contributed by atoms with Crippen molar-refractivity contribution in [1.82, 2.24) is 9.97 Å². The van der Waals surface area contributed by atoms with Gasteiger partial charge in [0.05, 0.1) is 13.4 Å². The first-order valence-electron chi connectivity index (χ1n) is 5.65. The topological polar surface area (TPSA) is 81.0 Å². The van der Waals surface area contributed by atoms with Crippen LogP contribution in [0.2, 0.25) is 0 Å². The predicted octanol–water partition coefficient (Wildman–Crippen LogP) is 1.97. The molecule has 1 aromatic heterocycles. The third-order valence-corrected chi connectivity index (χ3v) is 1.79. The maximum absolute atomic E-state index is 10.8. The number of carbonyl (C=O) groups is 1. The van der Waals surface area contributed by atoms with Gasteiger partial charge < -0.3 is 15.5 Å². The number of ether oxygens (including phenoxy) is 1. The van der Waals surface area contributed by atoms with Gasteiger partial charge in [-0.2, -0.15) is 0 Å². The van der Waals surface area contributed by atoms with Crippen molar-refractivity contribution in [2.24, 2.45) is 11.1 Å². The van der Waals surface area contributed by atoms with E-state index in [9.17, 15) is 4.79 Å². The summed E-state index contributed by atoms with van der Waals surface area (Å²) in [5.41, 5.74) is 5.32. The van der Waals surface area contributed by atoms with Crippen molar-refractivity contribution in [1.29, 1.82) is 0 Å². The fraction of sp³-hybridized carbons (Fsp3) is 0.667. The summed E-state index contributed by atoms with van der Waals surface area (Å²) in [4.78, 5) is 17.2. The number of aromatic amines is 1. The van der Waals surface area contributed by atoms with Crippen molar-refractivity contribution >= 4 is 5.97 Å². The van der Waals surface area contributed by atoms with E-state index < -0.39 is 6.04 Å². The molecule has 0 saturated heterocycles. The van der Waals surface area contributed by atoms with E-state index in [4.69, 9.17) is 5.73 Å². The summed E-state index contributed by atoms with van der Waals surface area (Å²) < 4.78 is 4.47. The SMILES string of the molecule is CC.COC(=O)C(N)C(C)(C)C.c1c[nH]cn1. The Kier molecular flexibility index (Phi) is 10.4. The molecule has 0 saturated carbocycles. The molecule has 0 aliphatic rings. The summed E-state index contributed by atoms with van der Waals surface area (Å²) in [7, 11) is 1.34. The number of hydrogen-bond acceptors (Lipinski definition) is 4. The monoisotopic (exact) mass is 243 g/mol. The standard InChI is InChI=1S/C7H15NO2.C3H4N2.C2H6/c1-7(2,3)5(8)6(9)10-4;1-2-5-3-4-1;1-2/h5H,8H2,1-4H3;1-3H,(H,4,5);1-2H3. The van der Waals surface area contributed by atoms with Gasteiger partial charge in [-0.3, -0.25) is 4.79 Å². The highest BCUT2D eigenvalue weighted by molar-refractivity contribution is 5.76. The molecule has 0 amide bonds. The van der Waals surface area contributed by atoms with Gasteiger partial charge >= 0.3 is 5.97 Å². The Labute approximate surface area is 104 Å². The Hall–Kier alpha value is -1.36. The lowest BCUT2D eigenvalue weighted by Crippen LogP contribution is -2.42. The maximum Gasteiger partial charge on any atom is 0.323 e. The highest BCUT2D eigenvalue weighted by Crippen LogP contribution is 2.17. The molecule has 1 unspecified atom stereocenters. The number of nitrogens with one attached hydrogen (secondary N) is 1. The average molecular weight is 243 g/mol. The second kappa shape index (κ2) is 9.84. The maximum atomic E-state index is 10.8. The Morgan fingerprint density at radius 1 is 1.41 bits per heavy atom. The smallest absolute Gasteiger partial charge is 0.323 e. The zero-order valence-electron chi connectivity index (χ0n) is 11.7. The molecule has 0 spiro atoms. The molecule has 1 aromatic rings. The van der Waals surface area contributed by atoms with E-state index in [0.717, 1.165) is 0 Å². The third kappa shape index (κ3) is 9.56. The van der Waals surface area contributed by atoms with E-state index in [2.05, 4.69) is 14.7 Å². The molecular formula is C12H25N3O2. The van der Waals surface area contributed by atoms with Crippen LogP contribution < -0.4 is 5.73 Å². The summed E-state index contributed by atoms with van der Waals surface area (Å²) in [6.45, 7) is 9.69. The Balaban J connectivity index is 0. The minimum Gasteiger partial charge on any atom is -0.468 e. The summed E-state index contributed by atoms with van der Waals surface area (Å²) in [5, 5.41) is 0. The van der Waals surface area contributed by atoms with Gasteiger partial charge in [0, 0.05) is 12.4 Å². The molecule has 0 aromatic carbocycles. The van der Waals surface area contributed by atoms with Crippen LogP contribution in [-0.4, -0.2) is 29.1 Å². The van der Waals surface area contributed by atoms with E-state index >= 15 is 0 Å². The van der Waals surface area contributed by atoms with E-state index in [1.807, 2.05) is 34.6 Å². The van der Waals surface area contributed by atoms with Crippen LogP contribution in [0.5, 0.6) is 0 Å². The third-order valence-electron chi connectivity index (χ3n) is 1.79. The Morgan fingerprint density at radius 3 is 2.06 bits per heavy atom. The molecule has 17 heavy (non-hydrogen) atoms. The first kappa shape index (κ1) is 18.0. The van der Waals surface area contributed by atoms with E-state index in [0.29, 0.717) is 0 Å².